The molecule has 156 valence electrons. The Hall–Kier alpha value is -3.50. The molecule has 0 spiro atoms. The number of hydrogen-bond acceptors (Lipinski definition) is 8. The van der Waals surface area contributed by atoms with Gasteiger partial charge in [-0.25, -0.2) is 9.97 Å². The minimum atomic E-state index is -0.449. The lowest BCUT2D eigenvalue weighted by atomic mass is 10.1. The highest BCUT2D eigenvalue weighted by Gasteiger charge is 2.20. The summed E-state index contributed by atoms with van der Waals surface area (Å²) in [6.07, 6.45) is 1.63. The Morgan fingerprint density at radius 3 is 2.71 bits per heavy atom. The molecular formula is C21H16N4O4S2. The number of anilines is 1. The zero-order valence-electron chi connectivity index (χ0n) is 16.1. The van der Waals surface area contributed by atoms with Crippen LogP contribution in [0.2, 0.25) is 0 Å². The van der Waals surface area contributed by atoms with Crippen LogP contribution in [0.3, 0.4) is 0 Å². The van der Waals surface area contributed by atoms with Gasteiger partial charge in [-0.2, -0.15) is 0 Å². The number of thiazole rings is 1. The number of rotatable bonds is 8. The number of nitrogens with zero attached hydrogens (tertiary/aromatic N) is 4. The first kappa shape index (κ1) is 20.8. The lowest BCUT2D eigenvalue weighted by molar-refractivity contribution is -0.384. The molecule has 0 saturated heterocycles. The topological polar surface area (TPSA) is 102 Å². The standard InChI is InChI=1S/C21H16N4O4S2/c1-2-11-24(19(26)13-31-21-23-16-5-3-4-6-18(16)29-21)20-22-17(12-30-20)14-7-9-15(10-8-14)25(27)28/h2-10,12H,1,11,13H2. The van der Waals surface area contributed by atoms with Crippen LogP contribution in [0.5, 0.6) is 0 Å². The molecule has 0 saturated carbocycles. The van der Waals surface area contributed by atoms with Crippen molar-refractivity contribution < 1.29 is 14.1 Å². The van der Waals surface area contributed by atoms with E-state index in [1.807, 2.05) is 29.6 Å². The molecule has 2 aromatic carbocycles. The molecule has 10 heteroatoms. The zero-order valence-corrected chi connectivity index (χ0v) is 17.8. The van der Waals surface area contributed by atoms with Crippen molar-refractivity contribution in [1.29, 1.82) is 0 Å². The van der Waals surface area contributed by atoms with Crippen molar-refractivity contribution in [2.24, 2.45) is 0 Å². The SMILES string of the molecule is C=CCN(C(=O)CSc1nc2ccccc2o1)c1nc(-c2ccc([N+](=O)[O-])cc2)cs1. The second kappa shape index (κ2) is 9.11. The molecule has 4 rings (SSSR count). The van der Waals surface area contributed by atoms with Crippen LogP contribution >= 0.6 is 23.1 Å². The van der Waals surface area contributed by atoms with E-state index in [1.54, 1.807) is 23.1 Å². The molecule has 1 amide bonds. The molecule has 4 aromatic rings. The van der Waals surface area contributed by atoms with Gasteiger partial charge in [0.15, 0.2) is 10.7 Å². The minimum absolute atomic E-state index is 0.0129. The fourth-order valence-corrected chi connectivity index (χ4v) is 4.38. The average molecular weight is 453 g/mol. The Balaban J connectivity index is 1.48. The molecule has 0 atom stereocenters. The molecule has 0 bridgehead atoms. The van der Waals surface area contributed by atoms with E-state index in [2.05, 4.69) is 16.5 Å². The number of oxazole rings is 1. The first-order valence-electron chi connectivity index (χ1n) is 9.15. The largest absolute Gasteiger partial charge is 0.431 e. The van der Waals surface area contributed by atoms with Gasteiger partial charge in [0.2, 0.25) is 5.91 Å². The van der Waals surface area contributed by atoms with Gasteiger partial charge in [-0.05, 0) is 24.3 Å². The zero-order chi connectivity index (χ0) is 21.8. The van der Waals surface area contributed by atoms with E-state index in [0.717, 1.165) is 11.1 Å². The van der Waals surface area contributed by atoms with E-state index < -0.39 is 4.92 Å². The van der Waals surface area contributed by atoms with Gasteiger partial charge in [-0.1, -0.05) is 30.0 Å². The van der Waals surface area contributed by atoms with E-state index in [1.165, 1.54) is 35.2 Å². The van der Waals surface area contributed by atoms with Gasteiger partial charge >= 0.3 is 0 Å². The molecule has 31 heavy (non-hydrogen) atoms. The predicted molar refractivity (Wildman–Crippen MR) is 121 cm³/mol. The summed E-state index contributed by atoms with van der Waals surface area (Å²) < 4.78 is 5.65. The number of carbonyl (C=O) groups excluding carboxylic acids is 1. The van der Waals surface area contributed by atoms with Crippen LogP contribution in [0.25, 0.3) is 22.4 Å². The lowest BCUT2D eigenvalue weighted by Crippen LogP contribution is -2.32. The molecule has 0 radical (unpaired) electrons. The highest BCUT2D eigenvalue weighted by Crippen LogP contribution is 2.30. The summed E-state index contributed by atoms with van der Waals surface area (Å²) in [5.74, 6) is -0.0237. The van der Waals surface area contributed by atoms with Gasteiger partial charge in [-0.3, -0.25) is 19.8 Å². The highest BCUT2D eigenvalue weighted by molar-refractivity contribution is 7.99. The molecule has 8 nitrogen and oxygen atoms in total. The van der Waals surface area contributed by atoms with Crippen molar-refractivity contribution in [2.75, 3.05) is 17.2 Å². The smallest absolute Gasteiger partial charge is 0.269 e. The first-order chi connectivity index (χ1) is 15.0. The van der Waals surface area contributed by atoms with E-state index in [4.69, 9.17) is 4.42 Å². The van der Waals surface area contributed by atoms with Crippen molar-refractivity contribution in [2.45, 2.75) is 5.22 Å². The Labute approximate surface area is 185 Å². The van der Waals surface area contributed by atoms with E-state index in [0.29, 0.717) is 28.2 Å². The van der Waals surface area contributed by atoms with Gasteiger partial charge in [0, 0.05) is 29.6 Å². The number of amides is 1. The number of benzene rings is 2. The quantitative estimate of drug-likeness (QED) is 0.157. The van der Waals surface area contributed by atoms with Crippen LogP contribution in [0.4, 0.5) is 10.8 Å². The maximum atomic E-state index is 12.9. The fraction of sp³-hybridized carbons (Fsp3) is 0.0952. The van der Waals surface area contributed by atoms with Gasteiger partial charge in [0.25, 0.3) is 10.9 Å². The number of para-hydroxylation sites is 2. The number of hydrogen-bond donors (Lipinski definition) is 0. The number of fused-ring (bicyclic) bond motifs is 1. The highest BCUT2D eigenvalue weighted by atomic mass is 32.2. The first-order valence-corrected chi connectivity index (χ1v) is 11.0. The average Bonchev–Trinajstić information content (AvgIpc) is 3.43. The summed E-state index contributed by atoms with van der Waals surface area (Å²) >= 11 is 2.54. The van der Waals surface area contributed by atoms with Crippen molar-refractivity contribution in [3.05, 3.63) is 76.7 Å². The summed E-state index contributed by atoms with van der Waals surface area (Å²) in [5, 5.41) is 13.6. The number of thioether (sulfide) groups is 1. The van der Waals surface area contributed by atoms with Crippen LogP contribution in [0, 0.1) is 10.1 Å². The van der Waals surface area contributed by atoms with E-state index in [9.17, 15) is 14.9 Å². The van der Waals surface area contributed by atoms with Crippen LogP contribution in [0.15, 0.2) is 76.2 Å². The van der Waals surface area contributed by atoms with Crippen molar-refractivity contribution in [3.8, 4) is 11.3 Å². The Kier molecular flexibility index (Phi) is 6.10. The summed E-state index contributed by atoms with van der Waals surface area (Å²) in [6.45, 7) is 4.03. The second-order valence-corrected chi connectivity index (χ2v) is 8.11. The van der Waals surface area contributed by atoms with Crippen LogP contribution in [0.1, 0.15) is 0 Å². The number of nitro benzene ring substituents is 1. The number of carbonyl (C=O) groups is 1. The third-order valence-corrected chi connectivity index (χ3v) is 5.98. The monoisotopic (exact) mass is 452 g/mol. The molecule has 0 aliphatic heterocycles. The fourth-order valence-electron chi connectivity index (χ4n) is 2.80. The summed E-state index contributed by atoms with van der Waals surface area (Å²) in [4.78, 5) is 33.7. The Bertz CT molecular complexity index is 1220. The Morgan fingerprint density at radius 1 is 1.23 bits per heavy atom. The molecular weight excluding hydrogens is 436 g/mol. The normalized spacial score (nSPS) is 10.8. The van der Waals surface area contributed by atoms with Gasteiger partial charge < -0.3 is 4.42 Å². The molecule has 0 aliphatic carbocycles. The van der Waals surface area contributed by atoms with Gasteiger partial charge in [-0.15, -0.1) is 17.9 Å². The third-order valence-electron chi connectivity index (χ3n) is 4.30. The van der Waals surface area contributed by atoms with Crippen LogP contribution < -0.4 is 4.90 Å². The third kappa shape index (κ3) is 4.65. The molecule has 0 unspecified atom stereocenters. The maximum absolute atomic E-state index is 12.9. The van der Waals surface area contributed by atoms with Gasteiger partial charge in [0.05, 0.1) is 16.4 Å². The molecule has 2 heterocycles. The molecule has 2 aromatic heterocycles. The van der Waals surface area contributed by atoms with Crippen molar-refractivity contribution in [1.82, 2.24) is 9.97 Å². The van der Waals surface area contributed by atoms with E-state index in [-0.39, 0.29) is 17.3 Å². The van der Waals surface area contributed by atoms with Crippen molar-refractivity contribution >= 4 is 50.9 Å². The van der Waals surface area contributed by atoms with Gasteiger partial charge in [0.1, 0.15) is 5.52 Å². The van der Waals surface area contributed by atoms with Crippen LogP contribution in [-0.4, -0.2) is 33.1 Å². The summed E-state index contributed by atoms with van der Waals surface area (Å²) in [7, 11) is 0. The maximum Gasteiger partial charge on any atom is 0.269 e. The molecule has 0 aliphatic rings. The summed E-state index contributed by atoms with van der Waals surface area (Å²) in [5.41, 5.74) is 2.81. The molecule has 0 fully saturated rings. The van der Waals surface area contributed by atoms with E-state index >= 15 is 0 Å². The lowest BCUT2D eigenvalue weighted by Gasteiger charge is -2.17. The summed E-state index contributed by atoms with van der Waals surface area (Å²) in [6, 6.07) is 13.6. The predicted octanol–water partition coefficient (Wildman–Crippen LogP) is 5.17. The molecule has 0 N–H and O–H groups in total. The van der Waals surface area contributed by atoms with Crippen molar-refractivity contribution in [3.63, 3.8) is 0 Å². The minimum Gasteiger partial charge on any atom is -0.431 e. The second-order valence-electron chi connectivity index (χ2n) is 6.35. The van der Waals surface area contributed by atoms with Crippen LogP contribution in [-0.2, 0) is 4.79 Å². The Morgan fingerprint density at radius 2 is 2.00 bits per heavy atom. The number of aromatic nitrogens is 2. The number of non-ortho nitro benzene ring substituents is 1. The number of nitro groups is 1.